The highest BCUT2D eigenvalue weighted by Crippen LogP contribution is 2.27. The van der Waals surface area contributed by atoms with Crippen LogP contribution in [0.25, 0.3) is 0 Å². The molecule has 0 atom stereocenters. The number of halogens is 1. The fourth-order valence-electron chi connectivity index (χ4n) is 1.77. The zero-order valence-corrected chi connectivity index (χ0v) is 14.4. The Morgan fingerprint density at radius 1 is 1.13 bits per heavy atom. The molecule has 0 heterocycles. The first-order valence-corrected chi connectivity index (χ1v) is 8.67. The third-order valence-electron chi connectivity index (χ3n) is 2.85. The molecule has 0 saturated carbocycles. The number of sulfonamides is 1. The van der Waals surface area contributed by atoms with Crippen LogP contribution < -0.4 is 20.5 Å². The van der Waals surface area contributed by atoms with Gasteiger partial charge in [-0.15, -0.1) is 0 Å². The highest BCUT2D eigenvalue weighted by molar-refractivity contribution is 7.89. The molecule has 2 aromatic carbocycles. The molecule has 122 valence electrons. The summed E-state index contributed by atoms with van der Waals surface area (Å²) in [5.41, 5.74) is 1.31. The van der Waals surface area contributed by atoms with Gasteiger partial charge in [-0.05, 0) is 54.7 Å². The molecule has 0 amide bonds. The van der Waals surface area contributed by atoms with Gasteiger partial charge in [0.05, 0.1) is 17.0 Å². The summed E-state index contributed by atoms with van der Waals surface area (Å²) in [5, 5.41) is 11.7. The molecule has 4 N–H and O–H groups in total. The van der Waals surface area contributed by atoms with Crippen molar-refractivity contribution in [3.05, 3.63) is 47.5 Å². The van der Waals surface area contributed by atoms with E-state index < -0.39 is 10.0 Å². The van der Waals surface area contributed by atoms with Crippen molar-refractivity contribution in [1.29, 1.82) is 0 Å². The van der Waals surface area contributed by atoms with Gasteiger partial charge in [0.15, 0.2) is 5.11 Å². The normalized spacial score (nSPS) is 10.9. The summed E-state index contributed by atoms with van der Waals surface area (Å²) in [6, 6.07) is 11.1. The number of methoxy groups -OCH3 is 1. The van der Waals surface area contributed by atoms with E-state index >= 15 is 0 Å². The van der Waals surface area contributed by atoms with Crippen LogP contribution in [0.1, 0.15) is 0 Å². The zero-order chi connectivity index (χ0) is 17.0. The van der Waals surface area contributed by atoms with E-state index in [0.717, 1.165) is 0 Å². The van der Waals surface area contributed by atoms with Crippen LogP contribution in [0, 0.1) is 0 Å². The molecular formula is C14H14ClN3O3S2. The molecule has 23 heavy (non-hydrogen) atoms. The average molecular weight is 372 g/mol. The molecule has 0 unspecified atom stereocenters. The lowest BCUT2D eigenvalue weighted by molar-refractivity contribution is 0.415. The Balaban J connectivity index is 2.03. The molecule has 0 fully saturated rings. The molecule has 0 saturated heterocycles. The molecular weight excluding hydrogens is 358 g/mol. The molecule has 0 radical (unpaired) electrons. The van der Waals surface area contributed by atoms with Crippen LogP contribution in [-0.4, -0.2) is 20.6 Å². The van der Waals surface area contributed by atoms with Crippen molar-refractivity contribution in [2.75, 3.05) is 17.7 Å². The zero-order valence-electron chi connectivity index (χ0n) is 12.0. The first-order chi connectivity index (χ1) is 10.8. The number of ether oxygens (including phenoxy) is 1. The fourth-order valence-corrected chi connectivity index (χ4v) is 2.77. The second-order valence-corrected chi connectivity index (χ2v) is 6.87. The third-order valence-corrected chi connectivity index (χ3v) is 4.28. The summed E-state index contributed by atoms with van der Waals surface area (Å²) in [4.78, 5) is 0.0314. The van der Waals surface area contributed by atoms with E-state index in [-0.39, 0.29) is 4.90 Å². The van der Waals surface area contributed by atoms with Crippen molar-refractivity contribution >= 4 is 50.3 Å². The summed E-state index contributed by atoms with van der Waals surface area (Å²) in [6.45, 7) is 0. The molecule has 9 heteroatoms. The number of hydrogen-bond acceptors (Lipinski definition) is 4. The van der Waals surface area contributed by atoms with E-state index in [2.05, 4.69) is 10.6 Å². The average Bonchev–Trinajstić information content (AvgIpc) is 2.47. The Morgan fingerprint density at radius 3 is 2.22 bits per heavy atom. The molecule has 0 bridgehead atoms. The SMILES string of the molecule is COc1ccc(NC(=S)Nc2ccc(S(N)(=O)=O)cc2)cc1Cl. The van der Waals surface area contributed by atoms with Gasteiger partial charge < -0.3 is 15.4 Å². The minimum atomic E-state index is -3.71. The summed E-state index contributed by atoms with van der Waals surface area (Å²) < 4.78 is 27.4. The van der Waals surface area contributed by atoms with Crippen molar-refractivity contribution in [2.45, 2.75) is 4.90 Å². The van der Waals surface area contributed by atoms with Crippen molar-refractivity contribution in [1.82, 2.24) is 0 Å². The van der Waals surface area contributed by atoms with Crippen molar-refractivity contribution in [3.8, 4) is 5.75 Å². The van der Waals surface area contributed by atoms with Crippen LogP contribution in [0.15, 0.2) is 47.4 Å². The second-order valence-electron chi connectivity index (χ2n) is 4.50. The maximum Gasteiger partial charge on any atom is 0.238 e. The summed E-state index contributed by atoms with van der Waals surface area (Å²) in [7, 11) is -2.18. The number of thiocarbonyl (C=S) groups is 1. The van der Waals surface area contributed by atoms with Crippen LogP contribution >= 0.6 is 23.8 Å². The molecule has 0 aliphatic carbocycles. The molecule has 6 nitrogen and oxygen atoms in total. The number of rotatable bonds is 4. The first kappa shape index (κ1) is 17.5. The van der Waals surface area contributed by atoms with E-state index in [9.17, 15) is 8.42 Å². The van der Waals surface area contributed by atoms with Crippen LogP contribution in [0.4, 0.5) is 11.4 Å². The maximum atomic E-state index is 11.2. The van der Waals surface area contributed by atoms with Gasteiger partial charge in [0, 0.05) is 11.4 Å². The highest BCUT2D eigenvalue weighted by Gasteiger charge is 2.07. The Hall–Kier alpha value is -1.87. The van der Waals surface area contributed by atoms with E-state index in [1.54, 1.807) is 30.3 Å². The van der Waals surface area contributed by atoms with Gasteiger partial charge in [0.1, 0.15) is 5.75 Å². The maximum absolute atomic E-state index is 11.2. The Bertz CT molecular complexity index is 824. The Morgan fingerprint density at radius 2 is 1.70 bits per heavy atom. The summed E-state index contributed by atoms with van der Waals surface area (Å²) in [6.07, 6.45) is 0. The van der Waals surface area contributed by atoms with E-state index in [1.807, 2.05) is 0 Å². The van der Waals surface area contributed by atoms with Gasteiger partial charge in [0.2, 0.25) is 10.0 Å². The van der Waals surface area contributed by atoms with Gasteiger partial charge in [-0.25, -0.2) is 13.6 Å². The second kappa shape index (κ2) is 7.14. The number of benzene rings is 2. The molecule has 0 spiro atoms. The molecule has 2 rings (SSSR count). The lowest BCUT2D eigenvalue weighted by Gasteiger charge is -2.12. The Kier molecular flexibility index (Phi) is 5.42. The number of nitrogens with two attached hydrogens (primary N) is 1. The largest absolute Gasteiger partial charge is 0.495 e. The van der Waals surface area contributed by atoms with Crippen LogP contribution in [0.5, 0.6) is 5.75 Å². The number of nitrogens with one attached hydrogen (secondary N) is 2. The standard InChI is InChI=1S/C14H14ClN3O3S2/c1-21-13-7-4-10(8-12(13)15)18-14(22)17-9-2-5-11(6-3-9)23(16,19)20/h2-8H,1H3,(H2,16,19,20)(H2,17,18,22). The quantitative estimate of drug-likeness (QED) is 0.715. The van der Waals surface area contributed by atoms with Crippen LogP contribution in [0.2, 0.25) is 5.02 Å². The van der Waals surface area contributed by atoms with Crippen molar-refractivity contribution in [2.24, 2.45) is 5.14 Å². The van der Waals surface area contributed by atoms with E-state index in [1.165, 1.54) is 19.2 Å². The van der Waals surface area contributed by atoms with Gasteiger partial charge in [-0.2, -0.15) is 0 Å². The van der Waals surface area contributed by atoms with Crippen LogP contribution in [-0.2, 0) is 10.0 Å². The molecule has 2 aromatic rings. The molecule has 0 aliphatic rings. The minimum absolute atomic E-state index is 0.0314. The number of hydrogen-bond donors (Lipinski definition) is 3. The molecule has 0 aromatic heterocycles. The van der Waals surface area contributed by atoms with Crippen LogP contribution in [0.3, 0.4) is 0 Å². The predicted molar refractivity (Wildman–Crippen MR) is 95.7 cm³/mol. The summed E-state index contributed by atoms with van der Waals surface area (Å²) >= 11 is 11.2. The number of anilines is 2. The van der Waals surface area contributed by atoms with Gasteiger partial charge in [-0.3, -0.25) is 0 Å². The summed E-state index contributed by atoms with van der Waals surface area (Å²) in [5.74, 6) is 0.565. The Labute approximate surface area is 144 Å². The van der Waals surface area contributed by atoms with Gasteiger partial charge >= 0.3 is 0 Å². The lowest BCUT2D eigenvalue weighted by atomic mass is 10.3. The number of primary sulfonamides is 1. The van der Waals surface area contributed by atoms with Gasteiger partial charge in [0.25, 0.3) is 0 Å². The topological polar surface area (TPSA) is 93.4 Å². The van der Waals surface area contributed by atoms with E-state index in [0.29, 0.717) is 27.3 Å². The smallest absolute Gasteiger partial charge is 0.238 e. The minimum Gasteiger partial charge on any atom is -0.495 e. The molecule has 0 aliphatic heterocycles. The first-order valence-electron chi connectivity index (χ1n) is 6.34. The fraction of sp³-hybridized carbons (Fsp3) is 0.0714. The third kappa shape index (κ3) is 4.80. The predicted octanol–water partition coefficient (Wildman–Crippen LogP) is 2.80. The highest BCUT2D eigenvalue weighted by atomic mass is 35.5. The monoisotopic (exact) mass is 371 g/mol. The van der Waals surface area contributed by atoms with Gasteiger partial charge in [-0.1, -0.05) is 11.6 Å². The lowest BCUT2D eigenvalue weighted by Crippen LogP contribution is -2.19. The van der Waals surface area contributed by atoms with E-state index in [4.69, 9.17) is 33.7 Å². The van der Waals surface area contributed by atoms with Crippen molar-refractivity contribution < 1.29 is 13.2 Å². The van der Waals surface area contributed by atoms with Crippen molar-refractivity contribution in [3.63, 3.8) is 0 Å².